The van der Waals surface area contributed by atoms with E-state index in [4.69, 9.17) is 4.74 Å². The molecule has 2 amide bonds. The number of rotatable bonds is 4. The minimum atomic E-state index is -0.374. The van der Waals surface area contributed by atoms with Gasteiger partial charge in [0.1, 0.15) is 12.4 Å². The SMILES string of the molecule is O=C1CC(c2ccc(OCc3ccccc3)cc2)C(=O)N1. The molecule has 21 heavy (non-hydrogen) atoms. The Balaban J connectivity index is 1.64. The van der Waals surface area contributed by atoms with E-state index >= 15 is 0 Å². The summed E-state index contributed by atoms with van der Waals surface area (Å²) in [5, 5.41) is 2.32. The van der Waals surface area contributed by atoms with Crippen LogP contribution in [0.2, 0.25) is 0 Å². The van der Waals surface area contributed by atoms with Crippen LogP contribution in [0.25, 0.3) is 0 Å². The third kappa shape index (κ3) is 3.11. The second-order valence-electron chi connectivity index (χ2n) is 5.01. The molecule has 0 spiro atoms. The van der Waals surface area contributed by atoms with Crippen molar-refractivity contribution in [3.8, 4) is 5.75 Å². The van der Waals surface area contributed by atoms with Crippen molar-refractivity contribution in [3.05, 3.63) is 65.7 Å². The molecular weight excluding hydrogens is 266 g/mol. The summed E-state index contributed by atoms with van der Waals surface area (Å²) in [6.45, 7) is 0.503. The van der Waals surface area contributed by atoms with Gasteiger partial charge in [-0.25, -0.2) is 0 Å². The van der Waals surface area contributed by atoms with Gasteiger partial charge in [0.15, 0.2) is 0 Å². The lowest BCUT2D eigenvalue weighted by molar-refractivity contribution is -0.125. The Morgan fingerprint density at radius 1 is 1.00 bits per heavy atom. The molecule has 0 radical (unpaired) electrons. The molecule has 2 aromatic carbocycles. The molecule has 1 aliphatic heterocycles. The Hall–Kier alpha value is -2.62. The van der Waals surface area contributed by atoms with Gasteiger partial charge in [-0.2, -0.15) is 0 Å². The van der Waals surface area contributed by atoms with Crippen LogP contribution >= 0.6 is 0 Å². The molecule has 4 heteroatoms. The first kappa shape index (κ1) is 13.4. The summed E-state index contributed by atoms with van der Waals surface area (Å²) < 4.78 is 5.69. The minimum Gasteiger partial charge on any atom is -0.489 e. The number of amides is 2. The molecule has 0 aliphatic carbocycles. The number of benzene rings is 2. The molecular formula is C17H15NO3. The molecule has 0 bridgehead atoms. The van der Waals surface area contributed by atoms with E-state index in [9.17, 15) is 9.59 Å². The molecule has 0 aromatic heterocycles. The van der Waals surface area contributed by atoms with Gasteiger partial charge in [0.25, 0.3) is 0 Å². The summed E-state index contributed by atoms with van der Waals surface area (Å²) >= 11 is 0. The lowest BCUT2D eigenvalue weighted by Crippen LogP contribution is -2.21. The summed E-state index contributed by atoms with van der Waals surface area (Å²) in [6.07, 6.45) is 0.225. The number of carbonyl (C=O) groups is 2. The van der Waals surface area contributed by atoms with Crippen LogP contribution in [0.15, 0.2) is 54.6 Å². The highest BCUT2D eigenvalue weighted by Crippen LogP contribution is 2.26. The van der Waals surface area contributed by atoms with E-state index in [0.29, 0.717) is 6.61 Å². The normalized spacial score (nSPS) is 17.6. The smallest absolute Gasteiger partial charge is 0.234 e. The first-order valence-corrected chi connectivity index (χ1v) is 6.83. The molecule has 3 rings (SSSR count). The number of ether oxygens (including phenoxy) is 1. The summed E-state index contributed by atoms with van der Waals surface area (Å²) in [5.74, 6) is -0.0691. The number of nitrogens with one attached hydrogen (secondary N) is 1. The standard InChI is InChI=1S/C17H15NO3/c19-16-10-15(17(20)18-16)13-6-8-14(9-7-13)21-11-12-4-2-1-3-5-12/h1-9,15H,10-11H2,(H,18,19,20). The molecule has 1 heterocycles. The molecule has 1 unspecified atom stereocenters. The fourth-order valence-electron chi connectivity index (χ4n) is 2.36. The van der Waals surface area contributed by atoms with E-state index in [1.165, 1.54) is 0 Å². The highest BCUT2D eigenvalue weighted by Gasteiger charge is 2.31. The highest BCUT2D eigenvalue weighted by atomic mass is 16.5. The molecule has 1 atom stereocenters. The Labute approximate surface area is 122 Å². The van der Waals surface area contributed by atoms with Gasteiger partial charge in [0.05, 0.1) is 5.92 Å². The number of hydrogen-bond donors (Lipinski definition) is 1. The third-order valence-corrected chi connectivity index (χ3v) is 3.50. The first-order chi connectivity index (χ1) is 10.2. The van der Waals surface area contributed by atoms with Crippen LogP contribution in [0, 0.1) is 0 Å². The fraction of sp³-hybridized carbons (Fsp3) is 0.176. The Bertz CT molecular complexity index is 649. The van der Waals surface area contributed by atoms with Gasteiger partial charge in [-0.1, -0.05) is 42.5 Å². The van der Waals surface area contributed by atoms with E-state index in [0.717, 1.165) is 16.9 Å². The molecule has 1 N–H and O–H groups in total. The van der Waals surface area contributed by atoms with Crippen LogP contribution in [-0.2, 0) is 16.2 Å². The molecule has 1 saturated heterocycles. The van der Waals surface area contributed by atoms with Crippen molar-refractivity contribution >= 4 is 11.8 Å². The predicted octanol–water partition coefficient (Wildman–Crippen LogP) is 2.40. The van der Waals surface area contributed by atoms with Gasteiger partial charge >= 0.3 is 0 Å². The molecule has 4 nitrogen and oxygen atoms in total. The molecule has 106 valence electrons. The van der Waals surface area contributed by atoms with Crippen molar-refractivity contribution in [3.63, 3.8) is 0 Å². The molecule has 1 fully saturated rings. The topological polar surface area (TPSA) is 55.4 Å². The lowest BCUT2D eigenvalue weighted by Gasteiger charge is -2.09. The fourth-order valence-corrected chi connectivity index (χ4v) is 2.36. The average molecular weight is 281 g/mol. The van der Waals surface area contributed by atoms with Crippen molar-refractivity contribution < 1.29 is 14.3 Å². The minimum absolute atomic E-state index is 0.214. The summed E-state index contributed by atoms with van der Waals surface area (Å²) in [4.78, 5) is 22.8. The summed E-state index contributed by atoms with van der Waals surface area (Å²) in [7, 11) is 0. The van der Waals surface area contributed by atoms with E-state index < -0.39 is 0 Å². The molecule has 0 saturated carbocycles. The maximum atomic E-state index is 11.6. The van der Waals surface area contributed by atoms with Crippen LogP contribution in [0.1, 0.15) is 23.5 Å². The van der Waals surface area contributed by atoms with Crippen LogP contribution in [0.4, 0.5) is 0 Å². The van der Waals surface area contributed by atoms with Gasteiger partial charge in [-0.3, -0.25) is 14.9 Å². The Kier molecular flexibility index (Phi) is 3.69. The predicted molar refractivity (Wildman–Crippen MR) is 77.7 cm³/mol. The van der Waals surface area contributed by atoms with Crippen molar-refractivity contribution in [2.45, 2.75) is 18.9 Å². The van der Waals surface area contributed by atoms with Crippen LogP contribution in [0.3, 0.4) is 0 Å². The van der Waals surface area contributed by atoms with Crippen molar-refractivity contribution in [1.82, 2.24) is 5.32 Å². The lowest BCUT2D eigenvalue weighted by atomic mass is 9.98. The van der Waals surface area contributed by atoms with Crippen molar-refractivity contribution in [2.24, 2.45) is 0 Å². The first-order valence-electron chi connectivity index (χ1n) is 6.83. The maximum Gasteiger partial charge on any atom is 0.234 e. The molecule has 2 aromatic rings. The zero-order chi connectivity index (χ0) is 14.7. The van der Waals surface area contributed by atoms with Crippen molar-refractivity contribution in [2.75, 3.05) is 0 Å². The maximum absolute atomic E-state index is 11.6. The van der Waals surface area contributed by atoms with E-state index in [2.05, 4.69) is 5.32 Å². The third-order valence-electron chi connectivity index (χ3n) is 3.50. The van der Waals surface area contributed by atoms with Crippen LogP contribution in [-0.4, -0.2) is 11.8 Å². The quantitative estimate of drug-likeness (QED) is 0.875. The zero-order valence-corrected chi connectivity index (χ0v) is 11.4. The monoisotopic (exact) mass is 281 g/mol. The van der Waals surface area contributed by atoms with E-state index in [-0.39, 0.29) is 24.2 Å². The van der Waals surface area contributed by atoms with Gasteiger partial charge < -0.3 is 4.74 Å². The number of imide groups is 1. The highest BCUT2D eigenvalue weighted by molar-refractivity contribution is 6.06. The second-order valence-corrected chi connectivity index (χ2v) is 5.01. The number of hydrogen-bond acceptors (Lipinski definition) is 3. The Morgan fingerprint density at radius 2 is 1.71 bits per heavy atom. The van der Waals surface area contributed by atoms with Gasteiger partial charge in [0.2, 0.25) is 11.8 Å². The van der Waals surface area contributed by atoms with Gasteiger partial charge in [-0.05, 0) is 23.3 Å². The van der Waals surface area contributed by atoms with Gasteiger partial charge in [0, 0.05) is 6.42 Å². The second kappa shape index (κ2) is 5.79. The molecule has 1 aliphatic rings. The average Bonchev–Trinajstić information content (AvgIpc) is 2.85. The van der Waals surface area contributed by atoms with Crippen LogP contribution < -0.4 is 10.1 Å². The summed E-state index contributed by atoms with van der Waals surface area (Å²) in [6, 6.07) is 17.2. The van der Waals surface area contributed by atoms with Gasteiger partial charge in [-0.15, -0.1) is 0 Å². The van der Waals surface area contributed by atoms with Crippen LogP contribution in [0.5, 0.6) is 5.75 Å². The van der Waals surface area contributed by atoms with Crippen molar-refractivity contribution in [1.29, 1.82) is 0 Å². The largest absolute Gasteiger partial charge is 0.489 e. The summed E-state index contributed by atoms with van der Waals surface area (Å²) in [5.41, 5.74) is 1.94. The van der Waals surface area contributed by atoms with E-state index in [1.54, 1.807) is 0 Å². The van der Waals surface area contributed by atoms with E-state index in [1.807, 2.05) is 54.6 Å². The number of carbonyl (C=O) groups excluding carboxylic acids is 2. The zero-order valence-electron chi connectivity index (χ0n) is 11.4. The Morgan fingerprint density at radius 3 is 2.33 bits per heavy atom.